The number of imide groups is 1. The molecule has 2 amide bonds. The molecule has 230 valence electrons. The van der Waals surface area contributed by atoms with Gasteiger partial charge in [0.25, 0.3) is 0 Å². The number of rotatable bonds is 6. The Kier molecular flexibility index (Phi) is 7.24. The molecule has 44 heavy (non-hydrogen) atoms. The van der Waals surface area contributed by atoms with Crippen LogP contribution in [-0.2, 0) is 25.3 Å². The Morgan fingerprint density at radius 1 is 1.09 bits per heavy atom. The number of para-hydroxylation sites is 1. The number of hydrogen-bond donors (Lipinski definition) is 1. The summed E-state index contributed by atoms with van der Waals surface area (Å²) in [5.41, 5.74) is -0.771. The third-order valence-corrected chi connectivity index (χ3v) is 12.2. The quantitative estimate of drug-likeness (QED) is 0.254. The smallest absolute Gasteiger partial charge is 0.418 e. The van der Waals surface area contributed by atoms with Crippen molar-refractivity contribution in [2.24, 2.45) is 29.6 Å². The average molecular weight is 710 g/mol. The zero-order valence-corrected chi connectivity index (χ0v) is 26.1. The number of halogens is 4. The van der Waals surface area contributed by atoms with Gasteiger partial charge in [-0.3, -0.25) is 14.4 Å². The second-order valence-corrected chi connectivity index (χ2v) is 14.4. The van der Waals surface area contributed by atoms with E-state index in [-0.39, 0.29) is 41.1 Å². The predicted molar refractivity (Wildman–Crippen MR) is 159 cm³/mol. The minimum absolute atomic E-state index is 0.185. The highest BCUT2D eigenvalue weighted by atomic mass is 79.9. The van der Waals surface area contributed by atoms with Gasteiger partial charge in [-0.2, -0.15) is 13.2 Å². The second-order valence-electron chi connectivity index (χ2n) is 11.3. The molecule has 3 heterocycles. The Morgan fingerprint density at radius 3 is 2.55 bits per heavy atom. The lowest BCUT2D eigenvalue weighted by atomic mass is 9.68. The first kappa shape index (κ1) is 29.6. The van der Waals surface area contributed by atoms with Gasteiger partial charge >= 0.3 is 17.0 Å². The minimum Gasteiger partial charge on any atom is -0.482 e. The lowest BCUT2D eigenvalue weighted by molar-refractivity contribution is -0.145. The van der Waals surface area contributed by atoms with E-state index in [2.05, 4.69) is 20.9 Å². The van der Waals surface area contributed by atoms with E-state index in [4.69, 9.17) is 9.47 Å². The number of nitrogens with zero attached hydrogens (tertiary/aromatic N) is 1. The summed E-state index contributed by atoms with van der Waals surface area (Å²) in [7, 11) is 0. The van der Waals surface area contributed by atoms with Gasteiger partial charge in [0, 0.05) is 26.1 Å². The Hall–Kier alpha value is -3.10. The highest BCUT2D eigenvalue weighted by Gasteiger charge is 2.70. The van der Waals surface area contributed by atoms with Crippen LogP contribution in [0.15, 0.2) is 56.8 Å². The van der Waals surface area contributed by atoms with Gasteiger partial charge in [0.15, 0.2) is 6.61 Å². The van der Waals surface area contributed by atoms with E-state index in [1.807, 2.05) is 6.07 Å². The summed E-state index contributed by atoms with van der Waals surface area (Å²) in [6, 6.07) is 10.0. The number of hydrogen-bond acceptors (Lipinski definition) is 8. The van der Waals surface area contributed by atoms with E-state index in [9.17, 15) is 32.3 Å². The van der Waals surface area contributed by atoms with Crippen molar-refractivity contribution in [3.8, 4) is 5.75 Å². The van der Waals surface area contributed by atoms with Crippen LogP contribution >= 0.6 is 39.0 Å². The SMILES string of the molecule is CCOC(=O)COc1ccc(Br)cc1[C@@H]1c2sc(=O)[nH]c2S[C@@H]2[C@@H]3C[C@@H]([C@@H]4C(=O)N(c5ccccc5C(F)(F)F)C(=O)[C@@H]34)[C@H]12. The van der Waals surface area contributed by atoms with Gasteiger partial charge < -0.3 is 14.5 Å². The molecule has 1 N–H and O–H groups in total. The van der Waals surface area contributed by atoms with Gasteiger partial charge in [0.2, 0.25) is 11.8 Å². The van der Waals surface area contributed by atoms with Crippen molar-refractivity contribution >= 4 is 62.5 Å². The highest BCUT2D eigenvalue weighted by molar-refractivity contribution is 9.10. The third-order valence-electron chi connectivity index (χ3n) is 9.13. The topological polar surface area (TPSA) is 106 Å². The lowest BCUT2D eigenvalue weighted by Crippen LogP contribution is -2.42. The first-order chi connectivity index (χ1) is 21.0. The Balaban J connectivity index is 1.30. The molecule has 2 aromatic carbocycles. The third kappa shape index (κ3) is 4.54. The summed E-state index contributed by atoms with van der Waals surface area (Å²) in [5, 5.41) is 0.484. The van der Waals surface area contributed by atoms with Crippen molar-refractivity contribution < 1.29 is 37.0 Å². The maximum absolute atomic E-state index is 14.0. The molecule has 2 aliphatic carbocycles. The number of H-pyrrole nitrogens is 1. The fourth-order valence-corrected chi connectivity index (χ4v) is 11.0. The number of thioether (sulfide) groups is 1. The monoisotopic (exact) mass is 708 g/mol. The van der Waals surface area contributed by atoms with Crippen LogP contribution in [0.1, 0.15) is 35.3 Å². The Labute approximate surface area is 265 Å². The fraction of sp³-hybridized carbons (Fsp3) is 0.400. The maximum atomic E-state index is 14.0. The number of carbonyl (C=O) groups is 3. The highest BCUT2D eigenvalue weighted by Crippen LogP contribution is 2.69. The molecule has 2 saturated carbocycles. The first-order valence-corrected chi connectivity index (χ1v) is 16.5. The number of thiazole rings is 1. The molecule has 2 aliphatic heterocycles. The number of aromatic amines is 1. The number of benzene rings is 2. The van der Waals surface area contributed by atoms with Crippen LogP contribution in [0.3, 0.4) is 0 Å². The predicted octanol–water partition coefficient (Wildman–Crippen LogP) is 5.84. The van der Waals surface area contributed by atoms with E-state index in [1.54, 1.807) is 19.1 Å². The molecule has 7 atom stereocenters. The number of aromatic nitrogens is 1. The number of ether oxygens (including phenoxy) is 2. The molecule has 8 nitrogen and oxygen atoms in total. The summed E-state index contributed by atoms with van der Waals surface area (Å²) in [5.74, 6) is -4.14. The van der Waals surface area contributed by atoms with Gasteiger partial charge in [-0.25, -0.2) is 9.69 Å². The molecule has 14 heteroatoms. The van der Waals surface area contributed by atoms with E-state index in [1.165, 1.54) is 30.0 Å². The van der Waals surface area contributed by atoms with Crippen molar-refractivity contribution in [1.82, 2.24) is 4.98 Å². The number of anilines is 1. The van der Waals surface area contributed by atoms with Crippen LogP contribution in [0.25, 0.3) is 0 Å². The van der Waals surface area contributed by atoms with Crippen LogP contribution in [0.4, 0.5) is 18.9 Å². The van der Waals surface area contributed by atoms with Crippen LogP contribution in [0.2, 0.25) is 0 Å². The van der Waals surface area contributed by atoms with Crippen LogP contribution in [0, 0.1) is 29.6 Å². The van der Waals surface area contributed by atoms with Gasteiger partial charge in [-0.1, -0.05) is 39.4 Å². The Bertz CT molecular complexity index is 1760. The zero-order valence-electron chi connectivity index (χ0n) is 22.9. The van der Waals surface area contributed by atoms with Crippen molar-refractivity contribution in [2.45, 2.75) is 35.7 Å². The molecule has 1 saturated heterocycles. The summed E-state index contributed by atoms with van der Waals surface area (Å²) in [6.07, 6.45) is -4.18. The number of carbonyl (C=O) groups excluding carboxylic acids is 3. The number of esters is 1. The molecular formula is C30H24BrF3N2O6S2. The molecule has 0 radical (unpaired) electrons. The van der Waals surface area contributed by atoms with E-state index in [0.29, 0.717) is 22.8 Å². The average Bonchev–Trinajstić information content (AvgIpc) is 3.70. The summed E-state index contributed by atoms with van der Waals surface area (Å²) >= 11 is 6.06. The van der Waals surface area contributed by atoms with Crippen molar-refractivity contribution in [3.63, 3.8) is 0 Å². The lowest BCUT2D eigenvalue weighted by Gasteiger charge is -2.43. The van der Waals surface area contributed by atoms with Crippen molar-refractivity contribution in [1.29, 1.82) is 0 Å². The minimum atomic E-state index is -4.75. The molecule has 4 aliphatic rings. The van der Waals surface area contributed by atoms with E-state index in [0.717, 1.165) is 31.7 Å². The summed E-state index contributed by atoms with van der Waals surface area (Å²) < 4.78 is 53.5. The van der Waals surface area contributed by atoms with Gasteiger partial charge in [0.1, 0.15) is 5.75 Å². The number of amides is 2. The van der Waals surface area contributed by atoms with Crippen LogP contribution in [0.5, 0.6) is 5.75 Å². The maximum Gasteiger partial charge on any atom is 0.418 e. The molecular weight excluding hydrogens is 685 g/mol. The van der Waals surface area contributed by atoms with E-state index < -0.39 is 53.0 Å². The van der Waals surface area contributed by atoms with Crippen LogP contribution in [-0.4, -0.2) is 41.2 Å². The standard InChI is InChI=1S/C30H24BrF3N2O6S2/c1-2-41-19(37)11-42-18-8-7-12(31)9-13(18)20-21-14-10-15(24(21)43-26-25(20)44-29(40)35-26)23-22(14)27(38)36(28(23)39)17-6-4-3-5-16(17)30(32,33)34/h3-9,14-15,20-24H,2,10-11H2,1H3,(H,35,40)/t14-,15-,20+,21-,22+,23+,24-/m1/s1. The van der Waals surface area contributed by atoms with Gasteiger partial charge in [-0.05, 0) is 61.4 Å². The molecule has 7 rings (SSSR count). The second kappa shape index (κ2) is 10.8. The zero-order chi connectivity index (χ0) is 31.1. The van der Waals surface area contributed by atoms with E-state index >= 15 is 0 Å². The van der Waals surface area contributed by atoms with Crippen molar-refractivity contribution in [3.05, 3.63) is 72.6 Å². The van der Waals surface area contributed by atoms with Crippen molar-refractivity contribution in [2.75, 3.05) is 18.1 Å². The summed E-state index contributed by atoms with van der Waals surface area (Å²) in [6.45, 7) is 1.56. The number of alkyl halides is 3. The summed E-state index contributed by atoms with van der Waals surface area (Å²) in [4.78, 5) is 56.8. The Morgan fingerprint density at radius 2 is 1.82 bits per heavy atom. The molecule has 2 bridgehead atoms. The normalized spacial score (nSPS) is 28.6. The number of nitrogens with one attached hydrogen (secondary N) is 1. The molecule has 1 aromatic heterocycles. The molecule has 3 fully saturated rings. The molecule has 0 spiro atoms. The molecule has 0 unspecified atom stereocenters. The fourth-order valence-electron chi connectivity index (χ4n) is 7.74. The van der Waals surface area contributed by atoms with Gasteiger partial charge in [-0.15, -0.1) is 11.8 Å². The van der Waals surface area contributed by atoms with Gasteiger partial charge in [0.05, 0.1) is 34.7 Å². The van der Waals surface area contributed by atoms with Crippen LogP contribution < -0.4 is 14.5 Å². The largest absolute Gasteiger partial charge is 0.482 e. The first-order valence-electron chi connectivity index (χ1n) is 14.0. The molecule has 3 aromatic rings. The number of fused-ring (bicyclic) bond motifs is 9.